The van der Waals surface area contributed by atoms with Crippen molar-refractivity contribution in [3.8, 4) is 0 Å². The highest BCUT2D eigenvalue weighted by atomic mass is 35.5. The van der Waals surface area contributed by atoms with Crippen LogP contribution in [0.2, 0.25) is 0 Å². The number of halogens is 1. The molecule has 1 fully saturated rings. The van der Waals surface area contributed by atoms with Gasteiger partial charge in [-0.15, -0.1) is 16.7 Å². The van der Waals surface area contributed by atoms with E-state index in [9.17, 15) is 0 Å². The molecule has 6 heteroatoms. The summed E-state index contributed by atoms with van der Waals surface area (Å²) in [5.41, 5.74) is 0. The third kappa shape index (κ3) is 2.23. The van der Waals surface area contributed by atoms with Crippen molar-refractivity contribution in [2.24, 2.45) is 0 Å². The Morgan fingerprint density at radius 1 is 1.40 bits per heavy atom. The second-order valence-electron chi connectivity index (χ2n) is 3.80. The van der Waals surface area contributed by atoms with Crippen molar-refractivity contribution in [3.05, 3.63) is 5.89 Å². The molecule has 0 aliphatic carbocycles. The zero-order valence-corrected chi connectivity index (χ0v) is 9.57. The molecule has 5 nitrogen and oxygen atoms in total. The Balaban J connectivity index is 2.04. The second-order valence-corrected chi connectivity index (χ2v) is 4.10. The molecule has 1 aromatic heterocycles. The van der Waals surface area contributed by atoms with E-state index in [1.165, 1.54) is 0 Å². The van der Waals surface area contributed by atoms with Crippen molar-refractivity contribution in [1.29, 1.82) is 0 Å². The third-order valence-corrected chi connectivity index (χ3v) is 2.71. The molecule has 0 unspecified atom stereocenters. The van der Waals surface area contributed by atoms with Crippen molar-refractivity contribution < 1.29 is 9.15 Å². The van der Waals surface area contributed by atoms with Crippen molar-refractivity contribution in [2.75, 3.05) is 24.9 Å². The van der Waals surface area contributed by atoms with Gasteiger partial charge in [0.05, 0.1) is 6.10 Å². The van der Waals surface area contributed by atoms with Crippen molar-refractivity contribution in [3.63, 3.8) is 0 Å². The molecule has 0 bridgehead atoms. The number of ether oxygens (including phenoxy) is 1. The highest BCUT2D eigenvalue weighted by Gasteiger charge is 2.30. The lowest BCUT2D eigenvalue weighted by atomic mass is 10.2. The maximum absolute atomic E-state index is 5.72. The molecule has 1 saturated heterocycles. The summed E-state index contributed by atoms with van der Waals surface area (Å²) in [7, 11) is 3.71. The molecule has 84 valence electrons. The molecule has 0 N–H and O–H groups in total. The van der Waals surface area contributed by atoms with E-state index in [-0.39, 0.29) is 12.2 Å². The number of aromatic nitrogens is 2. The third-order valence-electron chi connectivity index (χ3n) is 2.37. The molecule has 2 atom stereocenters. The van der Waals surface area contributed by atoms with Gasteiger partial charge in [-0.2, -0.15) is 0 Å². The number of hydrogen-bond acceptors (Lipinski definition) is 5. The second kappa shape index (κ2) is 4.37. The van der Waals surface area contributed by atoms with E-state index in [0.717, 1.165) is 12.8 Å². The smallest absolute Gasteiger partial charge is 0.317 e. The minimum Gasteiger partial charge on any atom is -0.405 e. The van der Waals surface area contributed by atoms with E-state index in [1.807, 2.05) is 14.1 Å². The minimum absolute atomic E-state index is 0.0880. The Morgan fingerprint density at radius 2 is 2.20 bits per heavy atom. The summed E-state index contributed by atoms with van der Waals surface area (Å²) in [4.78, 5) is 1.77. The summed E-state index contributed by atoms with van der Waals surface area (Å²) < 4.78 is 11.1. The van der Waals surface area contributed by atoms with Crippen molar-refractivity contribution in [1.82, 2.24) is 10.2 Å². The van der Waals surface area contributed by atoms with Gasteiger partial charge < -0.3 is 14.1 Å². The van der Waals surface area contributed by atoms with Gasteiger partial charge in [0.15, 0.2) is 0 Å². The zero-order chi connectivity index (χ0) is 10.8. The molecule has 2 heterocycles. The van der Waals surface area contributed by atoms with E-state index >= 15 is 0 Å². The van der Waals surface area contributed by atoms with E-state index in [2.05, 4.69) is 10.2 Å². The van der Waals surface area contributed by atoms with Crippen LogP contribution in [0, 0.1) is 0 Å². The van der Waals surface area contributed by atoms with Crippen LogP contribution in [0.4, 0.5) is 6.01 Å². The van der Waals surface area contributed by atoms with Gasteiger partial charge in [-0.05, 0) is 12.8 Å². The van der Waals surface area contributed by atoms with Gasteiger partial charge in [0.25, 0.3) is 0 Å². The van der Waals surface area contributed by atoms with Gasteiger partial charge in [0.1, 0.15) is 6.10 Å². The summed E-state index contributed by atoms with van der Waals surface area (Å²) in [5.74, 6) is 1.07. The van der Waals surface area contributed by atoms with Crippen LogP contribution in [0.1, 0.15) is 24.8 Å². The first-order valence-corrected chi connectivity index (χ1v) is 5.46. The number of anilines is 1. The SMILES string of the molecule is CN(C)c1nnc([C@@H]2CC[C@@H](CCl)O2)o1. The fraction of sp³-hybridized carbons (Fsp3) is 0.778. The lowest BCUT2D eigenvalue weighted by Gasteiger charge is -2.07. The minimum atomic E-state index is -0.0880. The van der Waals surface area contributed by atoms with Crippen LogP contribution in [0.5, 0.6) is 0 Å². The van der Waals surface area contributed by atoms with Crippen LogP contribution in [0.3, 0.4) is 0 Å². The molecule has 0 aromatic carbocycles. The van der Waals surface area contributed by atoms with Crippen LogP contribution in [0.15, 0.2) is 4.42 Å². The van der Waals surface area contributed by atoms with Crippen LogP contribution >= 0.6 is 11.6 Å². The van der Waals surface area contributed by atoms with Gasteiger partial charge in [-0.3, -0.25) is 0 Å². The maximum Gasteiger partial charge on any atom is 0.317 e. The van der Waals surface area contributed by atoms with Crippen LogP contribution in [-0.4, -0.2) is 36.3 Å². The Morgan fingerprint density at radius 3 is 2.73 bits per heavy atom. The van der Waals surface area contributed by atoms with Crippen molar-refractivity contribution in [2.45, 2.75) is 25.0 Å². The van der Waals surface area contributed by atoms with E-state index < -0.39 is 0 Å². The first kappa shape index (κ1) is 10.7. The number of rotatable bonds is 3. The fourth-order valence-electron chi connectivity index (χ4n) is 1.54. The summed E-state index contributed by atoms with van der Waals surface area (Å²) in [6.45, 7) is 0. The molecule has 0 radical (unpaired) electrons. The van der Waals surface area contributed by atoms with Crippen LogP contribution in [-0.2, 0) is 4.74 Å². The van der Waals surface area contributed by atoms with Gasteiger partial charge >= 0.3 is 6.01 Å². The van der Waals surface area contributed by atoms with E-state index in [0.29, 0.717) is 17.8 Å². The average molecular weight is 232 g/mol. The Labute approximate surface area is 93.4 Å². The molecule has 1 aromatic rings. The van der Waals surface area contributed by atoms with E-state index in [1.54, 1.807) is 4.90 Å². The molecule has 1 aliphatic rings. The Kier molecular flexibility index (Phi) is 3.11. The predicted octanol–water partition coefficient (Wildman–Crippen LogP) is 1.59. The first-order chi connectivity index (χ1) is 7.20. The van der Waals surface area contributed by atoms with Gasteiger partial charge in [0.2, 0.25) is 5.89 Å². The van der Waals surface area contributed by atoms with Gasteiger partial charge in [0, 0.05) is 20.0 Å². The topological polar surface area (TPSA) is 51.4 Å². The predicted molar refractivity (Wildman–Crippen MR) is 56.2 cm³/mol. The first-order valence-electron chi connectivity index (χ1n) is 4.93. The van der Waals surface area contributed by atoms with Gasteiger partial charge in [-0.25, -0.2) is 0 Å². The zero-order valence-electron chi connectivity index (χ0n) is 8.81. The van der Waals surface area contributed by atoms with Crippen LogP contribution < -0.4 is 4.90 Å². The number of alkyl halides is 1. The summed E-state index contributed by atoms with van der Waals surface area (Å²) in [5, 5.41) is 7.87. The molecule has 0 saturated carbocycles. The number of hydrogen-bond donors (Lipinski definition) is 0. The largest absolute Gasteiger partial charge is 0.405 e. The molecule has 2 rings (SSSR count). The summed E-state index contributed by atoms with van der Waals surface area (Å²) in [6, 6.07) is 0.503. The highest BCUT2D eigenvalue weighted by Crippen LogP contribution is 2.32. The molecule has 15 heavy (non-hydrogen) atoms. The lowest BCUT2D eigenvalue weighted by molar-refractivity contribution is 0.0410. The quantitative estimate of drug-likeness (QED) is 0.740. The molecule has 0 amide bonds. The maximum atomic E-state index is 5.72. The standard InChI is InChI=1S/C9H14ClN3O2/c1-13(2)9-12-11-8(15-9)7-4-3-6(5-10)14-7/h6-7H,3-5H2,1-2H3/t6-,7-/m0/s1. The molecule has 1 aliphatic heterocycles. The average Bonchev–Trinajstić information content (AvgIpc) is 2.86. The normalized spacial score (nSPS) is 25.8. The molecular weight excluding hydrogens is 218 g/mol. The van der Waals surface area contributed by atoms with Crippen molar-refractivity contribution >= 4 is 17.6 Å². The van der Waals surface area contributed by atoms with Crippen LogP contribution in [0.25, 0.3) is 0 Å². The summed E-state index contributed by atoms with van der Waals surface area (Å²) >= 11 is 5.72. The highest BCUT2D eigenvalue weighted by molar-refractivity contribution is 6.18. The lowest BCUT2D eigenvalue weighted by Crippen LogP contribution is -2.08. The summed E-state index contributed by atoms with van der Waals surface area (Å²) in [6.07, 6.45) is 1.88. The Bertz CT molecular complexity index is 329. The molecular formula is C9H14ClN3O2. The van der Waals surface area contributed by atoms with E-state index in [4.69, 9.17) is 20.8 Å². The monoisotopic (exact) mass is 231 g/mol. The van der Waals surface area contributed by atoms with Gasteiger partial charge in [-0.1, -0.05) is 5.10 Å². The Hall–Kier alpha value is -0.810. The number of nitrogens with zero attached hydrogens (tertiary/aromatic N) is 3. The molecule has 0 spiro atoms. The fourth-order valence-corrected chi connectivity index (χ4v) is 1.77.